The molecule has 1 unspecified atom stereocenters. The summed E-state index contributed by atoms with van der Waals surface area (Å²) >= 11 is 0. The molecule has 1 nitrogen and oxygen atoms in total. The van der Waals surface area contributed by atoms with Crippen molar-refractivity contribution in [3.63, 3.8) is 0 Å². The molecular formula is C10H9OP. The Kier molecular flexibility index (Phi) is 1.74. The van der Waals surface area contributed by atoms with Crippen molar-refractivity contribution in [3.05, 3.63) is 36.4 Å². The van der Waals surface area contributed by atoms with E-state index in [9.17, 15) is 5.11 Å². The van der Waals surface area contributed by atoms with Gasteiger partial charge in [0.1, 0.15) is 5.75 Å². The molecule has 2 rings (SSSR count). The van der Waals surface area contributed by atoms with Crippen molar-refractivity contribution in [2.75, 3.05) is 0 Å². The van der Waals surface area contributed by atoms with E-state index in [0.29, 0.717) is 5.75 Å². The molecule has 2 aromatic carbocycles. The number of phenolic OH excluding ortho intramolecular Hbond substituents is 1. The quantitative estimate of drug-likeness (QED) is 0.609. The summed E-state index contributed by atoms with van der Waals surface area (Å²) in [5, 5.41) is 12.5. The monoisotopic (exact) mass is 176 g/mol. The van der Waals surface area contributed by atoms with Gasteiger partial charge in [-0.25, -0.2) is 0 Å². The van der Waals surface area contributed by atoms with E-state index in [1.165, 1.54) is 0 Å². The molecule has 12 heavy (non-hydrogen) atoms. The van der Waals surface area contributed by atoms with E-state index in [2.05, 4.69) is 9.24 Å². The van der Waals surface area contributed by atoms with Gasteiger partial charge in [0.25, 0.3) is 0 Å². The lowest BCUT2D eigenvalue weighted by atomic mass is 10.1. The number of fused-ring (bicyclic) bond motifs is 1. The first-order chi connectivity index (χ1) is 5.79. The maximum atomic E-state index is 9.40. The fourth-order valence-corrected chi connectivity index (χ4v) is 1.64. The first-order valence-electron chi connectivity index (χ1n) is 3.75. The third-order valence-electron chi connectivity index (χ3n) is 1.95. The first-order valence-corrected chi connectivity index (χ1v) is 4.33. The number of phenols is 1. The minimum atomic E-state index is 0.332. The van der Waals surface area contributed by atoms with E-state index >= 15 is 0 Å². The van der Waals surface area contributed by atoms with Gasteiger partial charge in [0.05, 0.1) is 0 Å². The Hall–Kier alpha value is -1.07. The summed E-state index contributed by atoms with van der Waals surface area (Å²) in [5.41, 5.74) is 0. The van der Waals surface area contributed by atoms with E-state index in [-0.39, 0.29) is 0 Å². The number of hydrogen-bond acceptors (Lipinski definition) is 1. The van der Waals surface area contributed by atoms with Crippen LogP contribution in [0.5, 0.6) is 5.75 Å². The van der Waals surface area contributed by atoms with Crippen LogP contribution in [0, 0.1) is 0 Å². The van der Waals surface area contributed by atoms with Crippen molar-refractivity contribution in [2.45, 2.75) is 0 Å². The zero-order valence-corrected chi connectivity index (χ0v) is 7.64. The van der Waals surface area contributed by atoms with Gasteiger partial charge < -0.3 is 5.11 Å². The molecule has 0 bridgehead atoms. The normalized spacial score (nSPS) is 10.4. The van der Waals surface area contributed by atoms with Crippen LogP contribution in [-0.4, -0.2) is 5.11 Å². The number of hydrogen-bond donors (Lipinski definition) is 1. The fraction of sp³-hybridized carbons (Fsp3) is 0. The fourth-order valence-electron chi connectivity index (χ4n) is 1.28. The van der Waals surface area contributed by atoms with Gasteiger partial charge in [0.15, 0.2) is 0 Å². The molecule has 2 aromatic rings. The van der Waals surface area contributed by atoms with Gasteiger partial charge in [-0.2, -0.15) is 0 Å². The van der Waals surface area contributed by atoms with Gasteiger partial charge in [-0.3, -0.25) is 0 Å². The van der Waals surface area contributed by atoms with E-state index in [0.717, 1.165) is 16.1 Å². The van der Waals surface area contributed by atoms with Crippen LogP contribution in [0.4, 0.5) is 0 Å². The van der Waals surface area contributed by atoms with Crippen molar-refractivity contribution in [2.24, 2.45) is 0 Å². The predicted molar refractivity (Wildman–Crippen MR) is 55.0 cm³/mol. The molecule has 0 radical (unpaired) electrons. The zero-order chi connectivity index (χ0) is 8.55. The number of rotatable bonds is 0. The summed E-state index contributed by atoms with van der Waals surface area (Å²) in [4.78, 5) is 0. The molecule has 0 heterocycles. The van der Waals surface area contributed by atoms with E-state index in [1.54, 1.807) is 6.07 Å². The third kappa shape index (κ3) is 1.07. The Morgan fingerprint density at radius 3 is 2.58 bits per heavy atom. The molecule has 2 heteroatoms. The third-order valence-corrected chi connectivity index (χ3v) is 2.55. The van der Waals surface area contributed by atoms with Crippen LogP contribution in [-0.2, 0) is 0 Å². The standard InChI is InChI=1S/C10H9OP/c11-9-6-5-7-3-1-2-4-8(7)10(9)12/h1-6,11H,12H2. The smallest absolute Gasteiger partial charge is 0.123 e. The van der Waals surface area contributed by atoms with Gasteiger partial charge in [-0.05, 0) is 16.8 Å². The molecule has 0 saturated heterocycles. The first kappa shape index (κ1) is 7.57. The molecule has 0 aliphatic heterocycles. The van der Waals surface area contributed by atoms with Crippen LogP contribution in [0.1, 0.15) is 0 Å². The molecule has 60 valence electrons. The highest BCUT2D eigenvalue weighted by Gasteiger charge is 1.99. The van der Waals surface area contributed by atoms with E-state index in [4.69, 9.17) is 0 Å². The molecular weight excluding hydrogens is 167 g/mol. The maximum Gasteiger partial charge on any atom is 0.123 e. The molecule has 0 spiro atoms. The second kappa shape index (κ2) is 2.76. The highest BCUT2D eigenvalue weighted by atomic mass is 31.0. The zero-order valence-electron chi connectivity index (χ0n) is 6.49. The van der Waals surface area contributed by atoms with Gasteiger partial charge in [-0.15, -0.1) is 9.24 Å². The Balaban J connectivity index is 2.91. The van der Waals surface area contributed by atoms with E-state index in [1.807, 2.05) is 30.3 Å². The lowest BCUT2D eigenvalue weighted by Crippen LogP contribution is -1.92. The summed E-state index contributed by atoms with van der Waals surface area (Å²) in [6.45, 7) is 0. The number of benzene rings is 2. The number of aromatic hydroxyl groups is 1. The second-order valence-electron chi connectivity index (χ2n) is 2.72. The lowest BCUT2D eigenvalue weighted by Gasteiger charge is -2.02. The van der Waals surface area contributed by atoms with Gasteiger partial charge in [0, 0.05) is 5.30 Å². The Morgan fingerprint density at radius 2 is 1.75 bits per heavy atom. The summed E-state index contributed by atoms with van der Waals surface area (Å²) < 4.78 is 0. The molecule has 0 aliphatic carbocycles. The topological polar surface area (TPSA) is 20.2 Å². The van der Waals surface area contributed by atoms with Crippen LogP contribution < -0.4 is 5.30 Å². The Morgan fingerprint density at radius 1 is 1.00 bits per heavy atom. The maximum absolute atomic E-state index is 9.40. The summed E-state index contributed by atoms with van der Waals surface area (Å²) in [7, 11) is 2.55. The van der Waals surface area contributed by atoms with Crippen molar-refractivity contribution in [3.8, 4) is 5.75 Å². The van der Waals surface area contributed by atoms with E-state index < -0.39 is 0 Å². The van der Waals surface area contributed by atoms with Crippen molar-refractivity contribution >= 4 is 25.3 Å². The highest BCUT2D eigenvalue weighted by Crippen LogP contribution is 2.19. The molecule has 0 amide bonds. The second-order valence-corrected chi connectivity index (χ2v) is 3.30. The Labute approximate surface area is 73.2 Å². The van der Waals surface area contributed by atoms with Crippen molar-refractivity contribution in [1.82, 2.24) is 0 Å². The molecule has 1 N–H and O–H groups in total. The highest BCUT2D eigenvalue weighted by molar-refractivity contribution is 7.28. The average molecular weight is 176 g/mol. The SMILES string of the molecule is Oc1ccc2ccccc2c1P. The molecule has 0 saturated carbocycles. The summed E-state index contributed by atoms with van der Waals surface area (Å²) in [6, 6.07) is 11.6. The average Bonchev–Trinajstić information content (AvgIpc) is 2.12. The molecule has 1 atom stereocenters. The van der Waals surface area contributed by atoms with Gasteiger partial charge >= 0.3 is 0 Å². The minimum Gasteiger partial charge on any atom is -0.507 e. The van der Waals surface area contributed by atoms with Crippen LogP contribution in [0.3, 0.4) is 0 Å². The van der Waals surface area contributed by atoms with Crippen LogP contribution in [0.25, 0.3) is 10.8 Å². The molecule has 0 aliphatic rings. The van der Waals surface area contributed by atoms with Crippen LogP contribution in [0.15, 0.2) is 36.4 Å². The van der Waals surface area contributed by atoms with Crippen LogP contribution >= 0.6 is 9.24 Å². The minimum absolute atomic E-state index is 0.332. The van der Waals surface area contributed by atoms with Crippen molar-refractivity contribution < 1.29 is 5.11 Å². The van der Waals surface area contributed by atoms with Gasteiger partial charge in [0.2, 0.25) is 0 Å². The molecule has 0 fully saturated rings. The summed E-state index contributed by atoms with van der Waals surface area (Å²) in [5.74, 6) is 0.332. The van der Waals surface area contributed by atoms with Gasteiger partial charge in [-0.1, -0.05) is 30.3 Å². The molecule has 0 aromatic heterocycles. The Bertz CT molecular complexity index is 423. The predicted octanol–water partition coefficient (Wildman–Crippen LogP) is 2.05. The van der Waals surface area contributed by atoms with Crippen molar-refractivity contribution in [1.29, 1.82) is 0 Å². The lowest BCUT2D eigenvalue weighted by molar-refractivity contribution is 0.480. The summed E-state index contributed by atoms with van der Waals surface area (Å²) in [6.07, 6.45) is 0. The van der Waals surface area contributed by atoms with Crippen LogP contribution in [0.2, 0.25) is 0 Å². The largest absolute Gasteiger partial charge is 0.507 e.